The zero-order valence-corrected chi connectivity index (χ0v) is 11.9. The van der Waals surface area contributed by atoms with Crippen molar-refractivity contribution in [1.29, 1.82) is 0 Å². The van der Waals surface area contributed by atoms with Crippen molar-refractivity contribution in [3.8, 4) is 0 Å². The average molecular weight is 240 g/mol. The molecule has 0 saturated carbocycles. The summed E-state index contributed by atoms with van der Waals surface area (Å²) >= 11 is 0. The predicted molar refractivity (Wildman–Crippen MR) is 75.2 cm³/mol. The molecule has 2 N–H and O–H groups in total. The molecular weight excluding hydrogens is 212 g/mol. The van der Waals surface area contributed by atoms with Crippen molar-refractivity contribution < 1.29 is 4.74 Å². The van der Waals surface area contributed by atoms with Crippen LogP contribution >= 0.6 is 0 Å². The molecule has 1 aliphatic heterocycles. The van der Waals surface area contributed by atoms with E-state index < -0.39 is 0 Å². The van der Waals surface area contributed by atoms with Crippen LogP contribution in [0.15, 0.2) is 17.1 Å². The molecule has 0 bridgehead atoms. The summed E-state index contributed by atoms with van der Waals surface area (Å²) in [5.74, 6) is 0. The number of nitrogens with two attached hydrogens (primary N) is 1. The average Bonchev–Trinajstić information content (AvgIpc) is 2.26. The Bertz CT molecular complexity index is 259. The third kappa shape index (κ3) is 5.76. The minimum Gasteiger partial charge on any atom is -0.461 e. The van der Waals surface area contributed by atoms with Gasteiger partial charge in [0.1, 0.15) is 6.61 Å². The van der Waals surface area contributed by atoms with Crippen LogP contribution in [0.4, 0.5) is 0 Å². The maximum atomic E-state index is 5.49. The lowest BCUT2D eigenvalue weighted by atomic mass is 9.89. The van der Waals surface area contributed by atoms with Gasteiger partial charge in [-0.15, -0.1) is 0 Å². The zero-order valence-electron chi connectivity index (χ0n) is 11.9. The zero-order chi connectivity index (χ0) is 13.3. The first-order valence-corrected chi connectivity index (χ1v) is 6.66. The van der Waals surface area contributed by atoms with Gasteiger partial charge in [-0.05, 0) is 18.9 Å². The Morgan fingerprint density at radius 3 is 2.29 bits per heavy atom. The molecule has 3 heteroatoms. The van der Waals surface area contributed by atoms with Crippen molar-refractivity contribution in [2.45, 2.75) is 65.3 Å². The Labute approximate surface area is 106 Å². The molecule has 1 unspecified atom stereocenters. The molecule has 3 nitrogen and oxygen atoms in total. The van der Waals surface area contributed by atoms with Gasteiger partial charge in [-0.25, -0.2) is 4.99 Å². The molecule has 100 valence electrons. The number of ether oxygens (including phenoxy) is 1. The van der Waals surface area contributed by atoms with Crippen LogP contribution in [0, 0.1) is 0 Å². The molecule has 0 aliphatic carbocycles. The van der Waals surface area contributed by atoms with Crippen LogP contribution in [0.2, 0.25) is 0 Å². The van der Waals surface area contributed by atoms with Gasteiger partial charge >= 0.3 is 0 Å². The van der Waals surface area contributed by atoms with Crippen LogP contribution in [0.25, 0.3) is 0 Å². The molecule has 1 rings (SSSR count). The third-order valence-electron chi connectivity index (χ3n) is 2.96. The second-order valence-electron chi connectivity index (χ2n) is 4.72. The molecule has 0 radical (unpaired) electrons. The lowest BCUT2D eigenvalue weighted by molar-refractivity contribution is 0.274. The van der Waals surface area contributed by atoms with Gasteiger partial charge in [0.2, 0.25) is 0 Å². The van der Waals surface area contributed by atoms with E-state index in [0.29, 0.717) is 12.6 Å². The SMILES string of the molecule is C=C1COC(N)=NC1(C)CCC.CCCCC. The van der Waals surface area contributed by atoms with Gasteiger partial charge in [0.15, 0.2) is 0 Å². The highest BCUT2D eigenvalue weighted by atomic mass is 16.5. The lowest BCUT2D eigenvalue weighted by Crippen LogP contribution is -2.37. The molecular formula is C14H28N2O. The molecule has 0 aromatic carbocycles. The molecule has 0 fully saturated rings. The number of amidine groups is 1. The number of unbranched alkanes of at least 4 members (excludes halogenated alkanes) is 2. The lowest BCUT2D eigenvalue weighted by Gasteiger charge is -2.31. The van der Waals surface area contributed by atoms with E-state index in [1.54, 1.807) is 0 Å². The molecule has 17 heavy (non-hydrogen) atoms. The van der Waals surface area contributed by atoms with Gasteiger partial charge in [-0.1, -0.05) is 53.0 Å². The van der Waals surface area contributed by atoms with Crippen molar-refractivity contribution >= 4 is 6.02 Å². The highest BCUT2D eigenvalue weighted by Gasteiger charge is 2.30. The Kier molecular flexibility index (Phi) is 7.68. The van der Waals surface area contributed by atoms with Gasteiger partial charge in [0, 0.05) is 0 Å². The highest BCUT2D eigenvalue weighted by molar-refractivity contribution is 5.73. The van der Waals surface area contributed by atoms with Crippen LogP contribution < -0.4 is 5.73 Å². The first-order chi connectivity index (χ1) is 8.00. The summed E-state index contributed by atoms with van der Waals surface area (Å²) in [6, 6.07) is 0.290. The number of aliphatic imine (C=N–C) groups is 1. The van der Waals surface area contributed by atoms with E-state index in [0.717, 1.165) is 18.4 Å². The second-order valence-corrected chi connectivity index (χ2v) is 4.72. The third-order valence-corrected chi connectivity index (χ3v) is 2.96. The fraction of sp³-hybridized carbons (Fsp3) is 0.786. The van der Waals surface area contributed by atoms with Crippen molar-refractivity contribution in [2.24, 2.45) is 10.7 Å². The van der Waals surface area contributed by atoms with Crippen molar-refractivity contribution in [3.63, 3.8) is 0 Å². The summed E-state index contributed by atoms with van der Waals surface area (Å²) in [4.78, 5) is 4.26. The summed E-state index contributed by atoms with van der Waals surface area (Å²) in [6.07, 6.45) is 6.13. The van der Waals surface area contributed by atoms with Gasteiger partial charge in [0.05, 0.1) is 5.54 Å². The Morgan fingerprint density at radius 1 is 1.29 bits per heavy atom. The number of nitrogens with zero attached hydrogens (tertiary/aromatic N) is 1. The van der Waals surface area contributed by atoms with Crippen molar-refractivity contribution in [2.75, 3.05) is 6.61 Å². The van der Waals surface area contributed by atoms with Gasteiger partial charge < -0.3 is 10.5 Å². The van der Waals surface area contributed by atoms with E-state index in [-0.39, 0.29) is 5.54 Å². The van der Waals surface area contributed by atoms with Crippen LogP contribution in [-0.4, -0.2) is 18.2 Å². The summed E-state index contributed by atoms with van der Waals surface area (Å²) in [5.41, 5.74) is 6.30. The van der Waals surface area contributed by atoms with E-state index in [1.807, 2.05) is 6.92 Å². The molecule has 0 aromatic heterocycles. The fourth-order valence-corrected chi connectivity index (χ4v) is 1.74. The molecule has 0 aromatic rings. The Hall–Kier alpha value is -0.990. The highest BCUT2D eigenvalue weighted by Crippen LogP contribution is 2.28. The van der Waals surface area contributed by atoms with E-state index in [2.05, 4.69) is 32.3 Å². The standard InChI is InChI=1S/C9H16N2O.C5H12/c1-4-5-9(3)7(2)6-12-8(10)11-9;1-3-5-4-2/h2,4-6H2,1,3H3,(H2,10,11);3-5H2,1-2H3. The monoisotopic (exact) mass is 240 g/mol. The summed E-state index contributed by atoms with van der Waals surface area (Å²) < 4.78 is 5.06. The summed E-state index contributed by atoms with van der Waals surface area (Å²) in [5, 5.41) is 0. The molecule has 0 saturated heterocycles. The largest absolute Gasteiger partial charge is 0.461 e. The van der Waals surface area contributed by atoms with Gasteiger partial charge in [-0.2, -0.15) is 0 Å². The van der Waals surface area contributed by atoms with Crippen molar-refractivity contribution in [1.82, 2.24) is 0 Å². The number of hydrogen-bond donors (Lipinski definition) is 1. The van der Waals surface area contributed by atoms with E-state index in [4.69, 9.17) is 10.5 Å². The van der Waals surface area contributed by atoms with E-state index in [9.17, 15) is 0 Å². The minimum atomic E-state index is -0.197. The smallest absolute Gasteiger partial charge is 0.283 e. The van der Waals surface area contributed by atoms with E-state index in [1.165, 1.54) is 19.3 Å². The number of hydrogen-bond acceptors (Lipinski definition) is 3. The van der Waals surface area contributed by atoms with Crippen molar-refractivity contribution in [3.05, 3.63) is 12.2 Å². The molecule has 1 aliphatic rings. The van der Waals surface area contributed by atoms with Crippen LogP contribution in [0.3, 0.4) is 0 Å². The van der Waals surface area contributed by atoms with Crippen LogP contribution in [0.1, 0.15) is 59.8 Å². The molecule has 1 heterocycles. The first kappa shape index (κ1) is 16.0. The van der Waals surface area contributed by atoms with E-state index >= 15 is 0 Å². The topological polar surface area (TPSA) is 47.6 Å². The molecule has 1 atom stereocenters. The first-order valence-electron chi connectivity index (χ1n) is 6.66. The normalized spacial score (nSPS) is 23.3. The van der Waals surface area contributed by atoms with Gasteiger partial charge in [-0.3, -0.25) is 0 Å². The molecule has 0 amide bonds. The second kappa shape index (κ2) is 8.15. The predicted octanol–water partition coefficient (Wildman–Crippen LogP) is 3.64. The minimum absolute atomic E-state index is 0.197. The number of rotatable bonds is 4. The van der Waals surface area contributed by atoms with Crippen LogP contribution in [0.5, 0.6) is 0 Å². The Balaban J connectivity index is 0.000000437. The quantitative estimate of drug-likeness (QED) is 0.763. The molecule has 0 spiro atoms. The fourth-order valence-electron chi connectivity index (χ4n) is 1.74. The maximum Gasteiger partial charge on any atom is 0.283 e. The maximum absolute atomic E-state index is 5.49. The van der Waals surface area contributed by atoms with Gasteiger partial charge in [0.25, 0.3) is 6.02 Å². The summed E-state index contributed by atoms with van der Waals surface area (Å²) in [7, 11) is 0. The van der Waals surface area contributed by atoms with Crippen LogP contribution in [-0.2, 0) is 4.74 Å². The Morgan fingerprint density at radius 2 is 1.88 bits per heavy atom. The summed E-state index contributed by atoms with van der Waals surface area (Å²) in [6.45, 7) is 13.0.